The van der Waals surface area contributed by atoms with Gasteiger partial charge in [-0.25, -0.2) is 0 Å². The average Bonchev–Trinajstić information content (AvgIpc) is 3.38. The van der Waals surface area contributed by atoms with Gasteiger partial charge in [-0.05, 0) is 17.7 Å². The van der Waals surface area contributed by atoms with Crippen molar-refractivity contribution in [2.45, 2.75) is 11.2 Å². The molecule has 1 atom stereocenters. The van der Waals surface area contributed by atoms with Crippen molar-refractivity contribution in [1.82, 2.24) is 25.0 Å². The summed E-state index contributed by atoms with van der Waals surface area (Å²) in [5, 5.41) is 12.8. The Morgan fingerprint density at radius 2 is 1.53 bits per heavy atom. The third-order valence-corrected chi connectivity index (χ3v) is 7.02. The molecule has 1 unspecified atom stereocenters. The van der Waals surface area contributed by atoms with Crippen LogP contribution in [0.1, 0.15) is 11.6 Å². The van der Waals surface area contributed by atoms with Gasteiger partial charge in [0, 0.05) is 30.9 Å². The zero-order chi connectivity index (χ0) is 24.6. The van der Waals surface area contributed by atoms with E-state index < -0.39 is 0 Å². The number of benzene rings is 3. The maximum atomic E-state index is 13.1. The van der Waals surface area contributed by atoms with E-state index in [2.05, 4.69) is 32.5 Å². The second kappa shape index (κ2) is 12.0. The van der Waals surface area contributed by atoms with Crippen LogP contribution < -0.4 is 5.32 Å². The topological polar surface area (TPSA) is 72.3 Å². The highest BCUT2D eigenvalue weighted by atomic mass is 32.2. The SMILES string of the molecule is O=C(CSc1nnc(-c2ccccc2)n1-c1ccccc1)NC(CN1CCOCC1)c1ccccc1. The van der Waals surface area contributed by atoms with Crippen molar-refractivity contribution >= 4 is 17.7 Å². The molecule has 1 aromatic heterocycles. The number of thioether (sulfide) groups is 1. The number of nitrogens with one attached hydrogen (secondary N) is 1. The molecule has 1 saturated heterocycles. The summed E-state index contributed by atoms with van der Waals surface area (Å²) in [6, 6.07) is 30.0. The van der Waals surface area contributed by atoms with E-state index in [-0.39, 0.29) is 17.7 Å². The van der Waals surface area contributed by atoms with Gasteiger partial charge in [0.25, 0.3) is 0 Å². The molecule has 5 rings (SSSR count). The molecule has 0 spiro atoms. The minimum Gasteiger partial charge on any atom is -0.379 e. The van der Waals surface area contributed by atoms with E-state index in [9.17, 15) is 4.79 Å². The van der Waals surface area contributed by atoms with Crippen molar-refractivity contribution in [2.24, 2.45) is 0 Å². The number of hydrogen-bond acceptors (Lipinski definition) is 6. The Balaban J connectivity index is 1.32. The summed E-state index contributed by atoms with van der Waals surface area (Å²) in [7, 11) is 0. The summed E-state index contributed by atoms with van der Waals surface area (Å²) in [5.41, 5.74) is 3.03. The lowest BCUT2D eigenvalue weighted by Gasteiger charge is -2.31. The van der Waals surface area contributed by atoms with Gasteiger partial charge in [-0.1, -0.05) is 90.6 Å². The van der Waals surface area contributed by atoms with Gasteiger partial charge < -0.3 is 10.1 Å². The summed E-state index contributed by atoms with van der Waals surface area (Å²) in [6.07, 6.45) is 0. The van der Waals surface area contributed by atoms with Gasteiger partial charge in [0.15, 0.2) is 11.0 Å². The molecule has 7 nitrogen and oxygen atoms in total. The Labute approximate surface area is 215 Å². The summed E-state index contributed by atoms with van der Waals surface area (Å²) in [6.45, 7) is 3.95. The van der Waals surface area contributed by atoms with E-state index in [0.717, 1.165) is 55.5 Å². The number of morpholine rings is 1. The molecule has 3 aromatic carbocycles. The molecule has 0 bridgehead atoms. The van der Waals surface area contributed by atoms with Crippen LogP contribution in [0, 0.1) is 0 Å². The van der Waals surface area contributed by atoms with Gasteiger partial charge in [-0.15, -0.1) is 10.2 Å². The molecule has 184 valence electrons. The van der Waals surface area contributed by atoms with Crippen LogP contribution in [0.5, 0.6) is 0 Å². The molecule has 0 saturated carbocycles. The zero-order valence-electron chi connectivity index (χ0n) is 20.0. The van der Waals surface area contributed by atoms with Crippen LogP contribution in [-0.2, 0) is 9.53 Å². The van der Waals surface area contributed by atoms with Crippen molar-refractivity contribution in [1.29, 1.82) is 0 Å². The van der Waals surface area contributed by atoms with E-state index in [1.54, 1.807) is 0 Å². The Morgan fingerprint density at radius 3 is 2.22 bits per heavy atom. The number of nitrogens with zero attached hydrogens (tertiary/aromatic N) is 4. The molecule has 1 aliphatic heterocycles. The molecule has 1 aliphatic rings. The maximum Gasteiger partial charge on any atom is 0.231 e. The first kappa shape index (κ1) is 24.2. The van der Waals surface area contributed by atoms with Crippen LogP contribution in [0.2, 0.25) is 0 Å². The molecule has 1 N–H and O–H groups in total. The van der Waals surface area contributed by atoms with Gasteiger partial charge in [0.1, 0.15) is 0 Å². The molecule has 1 fully saturated rings. The lowest BCUT2D eigenvalue weighted by atomic mass is 10.1. The number of rotatable bonds is 9. The lowest BCUT2D eigenvalue weighted by Crippen LogP contribution is -2.43. The first-order valence-electron chi connectivity index (χ1n) is 12.1. The highest BCUT2D eigenvalue weighted by Crippen LogP contribution is 2.28. The summed E-state index contributed by atoms with van der Waals surface area (Å²) >= 11 is 1.39. The van der Waals surface area contributed by atoms with Gasteiger partial charge in [0.05, 0.1) is 25.0 Å². The number of carbonyl (C=O) groups is 1. The first-order valence-corrected chi connectivity index (χ1v) is 13.1. The smallest absolute Gasteiger partial charge is 0.231 e. The van der Waals surface area contributed by atoms with E-state index in [4.69, 9.17) is 4.74 Å². The second-order valence-corrected chi connectivity index (χ2v) is 9.52. The Kier molecular flexibility index (Phi) is 8.07. The predicted molar refractivity (Wildman–Crippen MR) is 142 cm³/mol. The molecule has 1 amide bonds. The quantitative estimate of drug-likeness (QED) is 0.348. The van der Waals surface area contributed by atoms with Crippen LogP contribution >= 0.6 is 11.8 Å². The normalized spacial score (nSPS) is 14.9. The summed E-state index contributed by atoms with van der Waals surface area (Å²) < 4.78 is 7.50. The Bertz CT molecular complexity index is 1240. The minimum atomic E-state index is -0.0933. The average molecular weight is 500 g/mol. The van der Waals surface area contributed by atoms with Crippen LogP contribution in [0.15, 0.2) is 96.2 Å². The predicted octanol–water partition coefficient (Wildman–Crippen LogP) is 4.22. The van der Waals surface area contributed by atoms with Crippen molar-refractivity contribution in [2.75, 3.05) is 38.6 Å². The number of hydrogen-bond donors (Lipinski definition) is 1. The molecule has 2 heterocycles. The van der Waals surface area contributed by atoms with Crippen LogP contribution in [0.4, 0.5) is 0 Å². The molecule has 0 aliphatic carbocycles. The molecule has 0 radical (unpaired) electrons. The van der Waals surface area contributed by atoms with Crippen LogP contribution in [0.25, 0.3) is 17.1 Å². The standard InChI is InChI=1S/C28H29N5O2S/c34-26(29-25(22-10-4-1-5-11-22)20-32-16-18-35-19-17-32)21-36-28-31-30-27(23-12-6-2-7-13-23)33(28)24-14-8-3-9-15-24/h1-15,25H,16-21H2,(H,29,34). The number of amides is 1. The minimum absolute atomic E-state index is 0.0361. The highest BCUT2D eigenvalue weighted by Gasteiger charge is 2.22. The second-order valence-electron chi connectivity index (χ2n) is 8.58. The first-order chi connectivity index (χ1) is 17.8. The van der Waals surface area contributed by atoms with Crippen molar-refractivity contribution < 1.29 is 9.53 Å². The lowest BCUT2D eigenvalue weighted by molar-refractivity contribution is -0.119. The van der Waals surface area contributed by atoms with Gasteiger partial charge in [0.2, 0.25) is 5.91 Å². The van der Waals surface area contributed by atoms with E-state index >= 15 is 0 Å². The maximum absolute atomic E-state index is 13.1. The third-order valence-electron chi connectivity index (χ3n) is 6.09. The van der Waals surface area contributed by atoms with Crippen molar-refractivity contribution in [3.63, 3.8) is 0 Å². The van der Waals surface area contributed by atoms with E-state index in [1.807, 2.05) is 83.4 Å². The number of aromatic nitrogens is 3. The number of para-hydroxylation sites is 1. The summed E-state index contributed by atoms with van der Waals surface area (Å²) in [4.78, 5) is 15.5. The van der Waals surface area contributed by atoms with Gasteiger partial charge in [-0.2, -0.15) is 0 Å². The number of ether oxygens (including phenoxy) is 1. The van der Waals surface area contributed by atoms with Crippen LogP contribution in [-0.4, -0.2) is 64.2 Å². The fourth-order valence-electron chi connectivity index (χ4n) is 4.28. The third kappa shape index (κ3) is 6.02. The Hall–Kier alpha value is -3.46. The molecular weight excluding hydrogens is 470 g/mol. The van der Waals surface area contributed by atoms with E-state index in [0.29, 0.717) is 5.16 Å². The van der Waals surface area contributed by atoms with Gasteiger partial charge >= 0.3 is 0 Å². The largest absolute Gasteiger partial charge is 0.379 e. The van der Waals surface area contributed by atoms with Gasteiger partial charge in [-0.3, -0.25) is 14.3 Å². The number of carbonyl (C=O) groups excluding carboxylic acids is 1. The monoisotopic (exact) mass is 499 g/mol. The fraction of sp³-hybridized carbons (Fsp3) is 0.250. The van der Waals surface area contributed by atoms with E-state index in [1.165, 1.54) is 11.8 Å². The molecular formula is C28H29N5O2S. The van der Waals surface area contributed by atoms with Crippen LogP contribution in [0.3, 0.4) is 0 Å². The molecule has 36 heavy (non-hydrogen) atoms. The molecule has 4 aromatic rings. The van der Waals surface area contributed by atoms with Crippen molar-refractivity contribution in [3.8, 4) is 17.1 Å². The summed E-state index contributed by atoms with van der Waals surface area (Å²) in [5.74, 6) is 0.955. The zero-order valence-corrected chi connectivity index (χ0v) is 20.8. The molecule has 8 heteroatoms. The van der Waals surface area contributed by atoms with Crippen molar-refractivity contribution in [3.05, 3.63) is 96.6 Å². The fourth-order valence-corrected chi connectivity index (χ4v) is 5.04. The highest BCUT2D eigenvalue weighted by molar-refractivity contribution is 7.99. The Morgan fingerprint density at radius 1 is 0.889 bits per heavy atom.